The molecule has 1 fully saturated rings. The van der Waals surface area contributed by atoms with Gasteiger partial charge in [-0.05, 0) is 42.6 Å². The maximum atomic E-state index is 5.31. The predicted molar refractivity (Wildman–Crippen MR) is 62.2 cm³/mol. The van der Waals surface area contributed by atoms with E-state index in [0.29, 0.717) is 5.92 Å². The van der Waals surface area contributed by atoms with Crippen LogP contribution in [0, 0.1) is 0 Å². The van der Waals surface area contributed by atoms with Gasteiger partial charge in [-0.1, -0.05) is 6.07 Å². The van der Waals surface area contributed by atoms with Crippen molar-refractivity contribution in [3.05, 3.63) is 42.3 Å². The van der Waals surface area contributed by atoms with E-state index in [2.05, 4.69) is 16.4 Å². The molecule has 16 heavy (non-hydrogen) atoms. The van der Waals surface area contributed by atoms with Crippen LogP contribution in [0.1, 0.15) is 17.9 Å². The van der Waals surface area contributed by atoms with Crippen LogP contribution in [0.15, 0.2) is 41.1 Å². The lowest BCUT2D eigenvalue weighted by atomic mass is 10.00. The monoisotopic (exact) mass is 214 g/mol. The second kappa shape index (κ2) is 4.10. The molecule has 0 amide bonds. The summed E-state index contributed by atoms with van der Waals surface area (Å²) in [4.78, 5) is 4.44. The van der Waals surface area contributed by atoms with Crippen LogP contribution in [-0.4, -0.2) is 18.1 Å². The van der Waals surface area contributed by atoms with Crippen molar-refractivity contribution in [2.24, 2.45) is 0 Å². The Morgan fingerprint density at radius 3 is 2.94 bits per heavy atom. The quantitative estimate of drug-likeness (QED) is 0.834. The molecular formula is C13H14N2O. The Morgan fingerprint density at radius 1 is 1.31 bits per heavy atom. The highest BCUT2D eigenvalue weighted by atomic mass is 16.3. The molecule has 0 radical (unpaired) electrons. The van der Waals surface area contributed by atoms with Gasteiger partial charge in [-0.2, -0.15) is 0 Å². The van der Waals surface area contributed by atoms with Crippen molar-refractivity contribution >= 4 is 0 Å². The van der Waals surface area contributed by atoms with Crippen LogP contribution >= 0.6 is 0 Å². The molecule has 1 unspecified atom stereocenters. The van der Waals surface area contributed by atoms with Gasteiger partial charge in [0.15, 0.2) is 5.76 Å². The minimum Gasteiger partial charge on any atom is -0.463 e. The molecule has 1 aliphatic heterocycles. The summed E-state index contributed by atoms with van der Waals surface area (Å²) in [6.45, 7) is 2.19. The van der Waals surface area contributed by atoms with Crippen molar-refractivity contribution in [3.8, 4) is 11.5 Å². The summed E-state index contributed by atoms with van der Waals surface area (Å²) < 4.78 is 5.31. The number of nitrogens with one attached hydrogen (secondary N) is 1. The molecule has 0 saturated carbocycles. The Kier molecular flexibility index (Phi) is 2.46. The molecule has 1 atom stereocenters. The van der Waals surface area contributed by atoms with Crippen LogP contribution in [0.2, 0.25) is 0 Å². The molecule has 3 heteroatoms. The number of pyridine rings is 1. The first kappa shape index (κ1) is 9.60. The van der Waals surface area contributed by atoms with E-state index in [1.807, 2.05) is 24.4 Å². The van der Waals surface area contributed by atoms with Crippen LogP contribution in [0.4, 0.5) is 0 Å². The van der Waals surface area contributed by atoms with Gasteiger partial charge in [0.2, 0.25) is 0 Å². The third kappa shape index (κ3) is 1.74. The zero-order valence-electron chi connectivity index (χ0n) is 9.02. The minimum atomic E-state index is 0.623. The number of furan rings is 1. The van der Waals surface area contributed by atoms with E-state index in [4.69, 9.17) is 4.42 Å². The average Bonchev–Trinajstić information content (AvgIpc) is 3.03. The average molecular weight is 214 g/mol. The molecule has 82 valence electrons. The summed E-state index contributed by atoms with van der Waals surface area (Å²) in [5.41, 5.74) is 2.22. The van der Waals surface area contributed by atoms with Gasteiger partial charge in [0.25, 0.3) is 0 Å². The second-order valence-corrected chi connectivity index (χ2v) is 4.14. The molecule has 0 aliphatic carbocycles. The lowest BCUT2D eigenvalue weighted by molar-refractivity contribution is 0.580. The van der Waals surface area contributed by atoms with Gasteiger partial charge >= 0.3 is 0 Å². The first-order valence-electron chi connectivity index (χ1n) is 5.64. The Labute approximate surface area is 94.5 Å². The topological polar surface area (TPSA) is 38.1 Å². The third-order valence-corrected chi connectivity index (χ3v) is 3.09. The SMILES string of the molecule is c1coc(-c2ccc(C3CCNC3)cn2)c1. The molecule has 2 aromatic heterocycles. The summed E-state index contributed by atoms with van der Waals surface area (Å²) >= 11 is 0. The Balaban J connectivity index is 1.84. The van der Waals surface area contributed by atoms with Crippen LogP contribution in [0.5, 0.6) is 0 Å². The Morgan fingerprint density at radius 2 is 2.31 bits per heavy atom. The number of hydrogen-bond acceptors (Lipinski definition) is 3. The largest absolute Gasteiger partial charge is 0.463 e. The summed E-state index contributed by atoms with van der Waals surface area (Å²) in [5.74, 6) is 1.45. The zero-order chi connectivity index (χ0) is 10.8. The van der Waals surface area contributed by atoms with Gasteiger partial charge in [-0.25, -0.2) is 0 Å². The standard InChI is InChI=1S/C13H14N2O/c1-2-13(16-7-1)12-4-3-10(9-15-12)11-5-6-14-8-11/h1-4,7,9,11,14H,5-6,8H2. The lowest BCUT2D eigenvalue weighted by Gasteiger charge is -2.07. The summed E-state index contributed by atoms with van der Waals surface area (Å²) in [7, 11) is 0. The van der Waals surface area contributed by atoms with E-state index in [1.54, 1.807) is 6.26 Å². The van der Waals surface area contributed by atoms with E-state index in [-0.39, 0.29) is 0 Å². The highest BCUT2D eigenvalue weighted by Crippen LogP contribution is 2.24. The summed E-state index contributed by atoms with van der Waals surface area (Å²) in [5, 5.41) is 3.37. The summed E-state index contributed by atoms with van der Waals surface area (Å²) in [6, 6.07) is 8.00. The van der Waals surface area contributed by atoms with Crippen molar-refractivity contribution < 1.29 is 4.42 Å². The normalized spacial score (nSPS) is 20.1. The van der Waals surface area contributed by atoms with Crippen molar-refractivity contribution in [1.29, 1.82) is 0 Å². The van der Waals surface area contributed by atoms with Gasteiger partial charge in [0.1, 0.15) is 5.69 Å². The van der Waals surface area contributed by atoms with E-state index in [0.717, 1.165) is 24.5 Å². The van der Waals surface area contributed by atoms with Crippen LogP contribution < -0.4 is 5.32 Å². The Hall–Kier alpha value is -1.61. The van der Waals surface area contributed by atoms with Crippen molar-refractivity contribution in [2.75, 3.05) is 13.1 Å². The fourth-order valence-corrected chi connectivity index (χ4v) is 2.16. The van der Waals surface area contributed by atoms with Gasteiger partial charge in [-0.3, -0.25) is 4.98 Å². The van der Waals surface area contributed by atoms with Gasteiger partial charge in [0, 0.05) is 12.7 Å². The second-order valence-electron chi connectivity index (χ2n) is 4.14. The molecule has 3 heterocycles. The van der Waals surface area contributed by atoms with E-state index >= 15 is 0 Å². The molecule has 3 rings (SSSR count). The smallest absolute Gasteiger partial charge is 0.152 e. The highest BCUT2D eigenvalue weighted by molar-refractivity contribution is 5.51. The molecule has 0 spiro atoms. The van der Waals surface area contributed by atoms with Crippen molar-refractivity contribution in [2.45, 2.75) is 12.3 Å². The number of hydrogen-bond donors (Lipinski definition) is 1. The van der Waals surface area contributed by atoms with Crippen molar-refractivity contribution in [1.82, 2.24) is 10.3 Å². The molecule has 1 saturated heterocycles. The zero-order valence-corrected chi connectivity index (χ0v) is 9.02. The maximum Gasteiger partial charge on any atom is 0.152 e. The minimum absolute atomic E-state index is 0.623. The molecule has 0 bridgehead atoms. The molecule has 2 aromatic rings. The van der Waals surface area contributed by atoms with Crippen LogP contribution in [-0.2, 0) is 0 Å². The molecular weight excluding hydrogens is 200 g/mol. The van der Waals surface area contributed by atoms with Gasteiger partial charge in [-0.15, -0.1) is 0 Å². The highest BCUT2D eigenvalue weighted by Gasteiger charge is 2.16. The van der Waals surface area contributed by atoms with E-state index < -0.39 is 0 Å². The summed E-state index contributed by atoms with van der Waals surface area (Å²) in [6.07, 6.45) is 4.85. The van der Waals surface area contributed by atoms with E-state index in [1.165, 1.54) is 12.0 Å². The van der Waals surface area contributed by atoms with E-state index in [9.17, 15) is 0 Å². The van der Waals surface area contributed by atoms with Gasteiger partial charge < -0.3 is 9.73 Å². The third-order valence-electron chi connectivity index (χ3n) is 3.09. The maximum absolute atomic E-state index is 5.31. The molecule has 1 aliphatic rings. The van der Waals surface area contributed by atoms with Gasteiger partial charge in [0.05, 0.1) is 6.26 Å². The fraction of sp³-hybridized carbons (Fsp3) is 0.308. The lowest BCUT2D eigenvalue weighted by Crippen LogP contribution is -2.08. The molecule has 1 N–H and O–H groups in total. The number of rotatable bonds is 2. The first-order chi connectivity index (χ1) is 7.93. The molecule has 0 aromatic carbocycles. The van der Waals surface area contributed by atoms with Crippen LogP contribution in [0.25, 0.3) is 11.5 Å². The first-order valence-corrected chi connectivity index (χ1v) is 5.64. The number of nitrogens with zero attached hydrogens (tertiary/aromatic N) is 1. The molecule has 3 nitrogen and oxygen atoms in total. The van der Waals surface area contributed by atoms with Crippen molar-refractivity contribution in [3.63, 3.8) is 0 Å². The van der Waals surface area contributed by atoms with Crippen LogP contribution in [0.3, 0.4) is 0 Å². The Bertz CT molecular complexity index is 441. The fourth-order valence-electron chi connectivity index (χ4n) is 2.16. The number of aromatic nitrogens is 1. The predicted octanol–water partition coefficient (Wildman–Crippen LogP) is 2.42.